The molecule has 4 bridgehead atoms. The lowest BCUT2D eigenvalue weighted by atomic mass is 9.85. The summed E-state index contributed by atoms with van der Waals surface area (Å²) in [5, 5.41) is 60.7. The molecule has 8 heterocycles. The number of para-hydroxylation sites is 2. The number of ketones is 4. The quantitative estimate of drug-likeness (QED) is 0.0636. The zero-order chi connectivity index (χ0) is 91.7. The van der Waals surface area contributed by atoms with Crippen LogP contribution in [0.25, 0.3) is 21.8 Å². The molecule has 0 spiro atoms. The number of amides is 14. The van der Waals surface area contributed by atoms with Gasteiger partial charge in [-0.15, -0.1) is 23.5 Å². The van der Waals surface area contributed by atoms with Crippen LogP contribution in [0.1, 0.15) is 138 Å². The van der Waals surface area contributed by atoms with Gasteiger partial charge in [-0.2, -0.15) is 0 Å². The Kier molecular flexibility index (Phi) is 36.0. The molecule has 2 saturated heterocycles. The largest absolute Gasteiger partial charge is 0.462 e. The zero-order valence-electron chi connectivity index (χ0n) is 71.9. The van der Waals surface area contributed by atoms with Crippen molar-refractivity contribution in [3.63, 3.8) is 0 Å². The summed E-state index contributed by atoms with van der Waals surface area (Å²) in [6.45, 7) is 11.2. The van der Waals surface area contributed by atoms with E-state index in [4.69, 9.17) is 16.2 Å². The number of aromatic amines is 2. The number of carbonyl (C=O) groups is 19. The molecule has 22 N–H and O–H groups in total. The third-order valence-corrected chi connectivity index (χ3v) is 26.3. The number of rotatable bonds is 13. The highest BCUT2D eigenvalue weighted by Gasteiger charge is 2.48. The lowest BCUT2D eigenvalue weighted by Gasteiger charge is -2.32. The van der Waals surface area contributed by atoms with Crippen molar-refractivity contribution in [3.05, 3.63) is 59.7 Å². The van der Waals surface area contributed by atoms with E-state index >= 15 is 0 Å². The second kappa shape index (κ2) is 45.3. The van der Waals surface area contributed by atoms with Gasteiger partial charge in [-0.3, -0.25) is 91.1 Å². The van der Waals surface area contributed by atoms with Gasteiger partial charge in [0.1, 0.15) is 30.3 Å². The highest BCUT2D eigenvalue weighted by Crippen LogP contribution is 2.38. The summed E-state index contributed by atoms with van der Waals surface area (Å²) in [6, 6.07) is 3.76. The molecular formula is C84H117N17O23S2. The number of aromatic nitrogens is 2. The van der Waals surface area contributed by atoms with Crippen molar-refractivity contribution in [3.8, 4) is 0 Å². The highest BCUT2D eigenvalue weighted by molar-refractivity contribution is 7.99. The van der Waals surface area contributed by atoms with Crippen LogP contribution in [0.4, 0.5) is 0 Å². The first-order valence-corrected chi connectivity index (χ1v) is 44.0. The minimum absolute atomic E-state index is 0. The molecule has 6 aliphatic rings. The molecule has 2 fully saturated rings. The Bertz CT molecular complexity index is 4790. The van der Waals surface area contributed by atoms with E-state index in [0.717, 1.165) is 33.3 Å². The summed E-state index contributed by atoms with van der Waals surface area (Å²) in [6.07, 6.45) is -7.88. The lowest BCUT2D eigenvalue weighted by Crippen LogP contribution is -2.56. The van der Waals surface area contributed by atoms with E-state index in [1.54, 1.807) is 83.1 Å². The number of nitrogens with two attached hydrogens (primary N) is 2. The summed E-state index contributed by atoms with van der Waals surface area (Å²) >= 11 is 2.23. The minimum atomic E-state index is -1.44. The molecule has 14 amide bonds. The SMILES string of the molecule is CC[C@H](C)[C@@H]1NC(=O)CNC(=O)C2CC(=O)[C@H]([C@@H](C)[C@H](C)O)NC(=O)[C@@H]3CC(O)CN3C(=O)[C@H](CC(N)=O)CC(=O)C(CSc3[nH]c4ccccc4c3C2)NC(=O)CNC1=O.CC[C@H](C)[C@@H]1NC(=O)CNC(=O)C2CC(=O)[C@H]([C@@H](C)[C@H](C)OC(C)=O)NC(=O)[C@@H]3CC(O)CN3C(=O)[C@H](CC(N)=O)CC(=O)C(CSc3[nH]c4ccccc4c3C2)NC(=O)CNC1=O.N. The summed E-state index contributed by atoms with van der Waals surface area (Å²) < 4.78 is 5.42. The molecule has 2 aromatic heterocycles. The van der Waals surface area contributed by atoms with Crippen LogP contribution < -0.4 is 70.8 Å². The van der Waals surface area contributed by atoms with Gasteiger partial charge in [0.05, 0.1) is 90.5 Å². The van der Waals surface area contributed by atoms with Gasteiger partial charge < -0.3 is 111 Å². The van der Waals surface area contributed by atoms with E-state index in [1.165, 1.54) is 27.7 Å². The fraction of sp³-hybridized carbons (Fsp3) is 0.583. The average molecular weight is 1800 g/mol. The number of aliphatic hydroxyl groups excluding tert-OH is 3. The number of primary amides is 2. The fourth-order valence-corrected chi connectivity index (χ4v) is 18.6. The predicted octanol–water partition coefficient (Wildman–Crippen LogP) is -2.13. The van der Waals surface area contributed by atoms with Gasteiger partial charge in [-0.1, -0.05) is 90.8 Å². The van der Waals surface area contributed by atoms with E-state index in [2.05, 4.69) is 63.1 Å². The molecule has 42 heteroatoms. The second-order valence-electron chi connectivity index (χ2n) is 33.3. The smallest absolute Gasteiger partial charge is 0.302 e. The first kappa shape index (κ1) is 100. The third kappa shape index (κ3) is 26.0. The van der Waals surface area contributed by atoms with Gasteiger partial charge in [0, 0.05) is 128 Å². The topological polar surface area (TPSA) is 640 Å². The number of H-pyrrole nitrogens is 2. The molecule has 0 radical (unpaired) electrons. The van der Waals surface area contributed by atoms with Crippen LogP contribution in [0, 0.1) is 47.3 Å². The number of ether oxygens (including phenoxy) is 1. The Hall–Kier alpha value is -11.2. The molecule has 6 aliphatic heterocycles. The lowest BCUT2D eigenvalue weighted by molar-refractivity contribution is -0.150. The standard InChI is InChI=1S/C43H58N8O12S.C41H56N8O11S.H3N/c1-6-20(2)37-41(61)46-16-35(57)47-30-19-64-42-28(27-9-7-8-10-29(27)48-42)11-24(39(59)45-17-36(58)49-37)12-33(55)38(21(3)22(4)63-23(5)52)50-40(60)31-15-26(53)18-51(31)43(62)25(13-32(30)54)14-34(44)56;1-5-19(2)35-39(59)44-15-33(55)45-28-18-61-40-26(25-8-6-7-9-27(25)46-40)10-22(37(57)43-16-34(56)47-35)11-31(53)36(20(3)21(4)50)48-38(58)29-14-24(51)17-49(29)41(60)23(12-30(28)52)13-32(42)54;/h7-10,20-22,24-26,30-31,37-38,48,53H,6,11-19H2,1-5H3,(H2,44,56)(H,45,59)(H,46,61)(H,47,57)(H,49,58)(H,50,60);6-9,19-24,28-29,35-36,46,50-51H,5,10-18H2,1-4H3,(H2,42,54)(H,43,57)(H,44,59)(H,45,55)(H,47,56)(H,48,58);1H3/t20-,21-,22-,24?,25-,26?,30?,31-,37-,38-;19-,20-,21-,22?,23-,24?,28?,29-,35-,36-;/m00./s1. The molecule has 0 saturated carbocycles. The number of aliphatic hydroxyl groups is 3. The van der Waals surface area contributed by atoms with Crippen LogP contribution in [-0.4, -0.2) is 270 Å². The van der Waals surface area contributed by atoms with Crippen molar-refractivity contribution in [2.45, 2.75) is 222 Å². The normalized spacial score (nSPS) is 27.7. The summed E-state index contributed by atoms with van der Waals surface area (Å²) in [4.78, 5) is 270. The summed E-state index contributed by atoms with van der Waals surface area (Å²) in [7, 11) is 0. The molecule has 6 unspecified atom stereocenters. The Morgan fingerprint density at radius 3 is 1.18 bits per heavy atom. The number of esters is 1. The molecule has 126 heavy (non-hydrogen) atoms. The second-order valence-corrected chi connectivity index (χ2v) is 35.4. The van der Waals surface area contributed by atoms with Crippen molar-refractivity contribution in [1.29, 1.82) is 0 Å². The summed E-state index contributed by atoms with van der Waals surface area (Å²) in [5.41, 5.74) is 13.6. The fourth-order valence-electron chi connectivity index (χ4n) is 16.3. The van der Waals surface area contributed by atoms with E-state index in [0.29, 0.717) is 55.8 Å². The van der Waals surface area contributed by atoms with Gasteiger partial charge in [-0.05, 0) is 61.8 Å². The number of nitrogens with one attached hydrogen (secondary N) is 12. The monoisotopic (exact) mass is 1800 g/mol. The highest BCUT2D eigenvalue weighted by atomic mass is 32.2. The number of thioether (sulfide) groups is 2. The molecule has 10 rings (SSSR count). The average Bonchev–Trinajstić information content (AvgIpc) is 1.63. The van der Waals surface area contributed by atoms with Crippen LogP contribution in [-0.2, 0) is 109 Å². The van der Waals surface area contributed by atoms with Gasteiger partial charge in [0.15, 0.2) is 23.1 Å². The van der Waals surface area contributed by atoms with Crippen molar-refractivity contribution in [2.24, 2.45) is 58.8 Å². The molecule has 688 valence electrons. The van der Waals surface area contributed by atoms with Gasteiger partial charge in [-0.25, -0.2) is 0 Å². The number of benzene rings is 2. The van der Waals surface area contributed by atoms with Gasteiger partial charge >= 0.3 is 5.97 Å². The van der Waals surface area contributed by atoms with Crippen molar-refractivity contribution in [2.75, 3.05) is 50.8 Å². The predicted molar refractivity (Wildman–Crippen MR) is 457 cm³/mol. The number of nitrogens with zero attached hydrogens (tertiary/aromatic N) is 2. The summed E-state index contributed by atoms with van der Waals surface area (Å²) in [5.74, 6) is -22.7. The molecule has 40 nitrogen and oxygen atoms in total. The van der Waals surface area contributed by atoms with Crippen LogP contribution in [0.3, 0.4) is 0 Å². The van der Waals surface area contributed by atoms with E-state index < -0.39 is 297 Å². The molecule has 2 aromatic carbocycles. The maximum Gasteiger partial charge on any atom is 0.302 e. The van der Waals surface area contributed by atoms with E-state index in [9.17, 15) is 106 Å². The number of Topliss-reactive ketones (excluding diaryl/α,β-unsaturated/α-hetero) is 4. The van der Waals surface area contributed by atoms with Crippen LogP contribution in [0.15, 0.2) is 58.6 Å². The Balaban J connectivity index is 0.000000310. The number of hydrogen-bond donors (Lipinski definition) is 18. The number of carbonyl (C=O) groups excluding carboxylic acids is 19. The minimum Gasteiger partial charge on any atom is -0.462 e. The van der Waals surface area contributed by atoms with Crippen molar-refractivity contribution in [1.82, 2.24) is 79.1 Å². The molecule has 20 atom stereocenters. The maximum atomic E-state index is 14.7. The zero-order valence-corrected chi connectivity index (χ0v) is 73.5. The molecule has 0 aliphatic carbocycles. The molecule has 4 aromatic rings. The van der Waals surface area contributed by atoms with Crippen molar-refractivity contribution >= 4 is 157 Å². The van der Waals surface area contributed by atoms with Gasteiger partial charge in [0.2, 0.25) is 82.7 Å². The Morgan fingerprint density at radius 2 is 0.825 bits per heavy atom. The Morgan fingerprint density at radius 1 is 0.468 bits per heavy atom. The van der Waals surface area contributed by atoms with Crippen molar-refractivity contribution < 1.29 is 111 Å². The first-order chi connectivity index (χ1) is 59.1. The maximum absolute atomic E-state index is 14.7. The van der Waals surface area contributed by atoms with E-state index in [1.807, 2.05) is 0 Å². The Labute approximate surface area is 735 Å². The van der Waals surface area contributed by atoms with E-state index in [-0.39, 0.29) is 56.4 Å². The third-order valence-electron chi connectivity index (χ3n) is 24.1. The number of hydrogen-bond acceptors (Lipinski definition) is 26. The van der Waals surface area contributed by atoms with Crippen LogP contribution in [0.5, 0.6) is 0 Å². The van der Waals surface area contributed by atoms with Crippen LogP contribution >= 0.6 is 23.5 Å². The van der Waals surface area contributed by atoms with Crippen LogP contribution in [0.2, 0.25) is 0 Å². The molecular weight excluding hydrogens is 1680 g/mol. The van der Waals surface area contributed by atoms with Gasteiger partial charge in [0.25, 0.3) is 0 Å². The number of fused-ring (bicyclic) bond motifs is 10. The first-order valence-electron chi connectivity index (χ1n) is 42.0.